The first-order valence-electron chi connectivity index (χ1n) is 2.76. The van der Waals surface area contributed by atoms with Crippen LogP contribution >= 0.6 is 0 Å². The molecule has 0 aromatic heterocycles. The lowest BCUT2D eigenvalue weighted by Crippen LogP contribution is -2.21. The van der Waals surface area contributed by atoms with Gasteiger partial charge in [-0.05, 0) is 6.92 Å². The summed E-state index contributed by atoms with van der Waals surface area (Å²) in [5.74, 6) is -1.18. The van der Waals surface area contributed by atoms with Gasteiger partial charge in [0.25, 0.3) is 0 Å². The molecule has 0 aromatic rings. The first-order valence-corrected chi connectivity index (χ1v) is 2.76. The van der Waals surface area contributed by atoms with Crippen molar-refractivity contribution in [2.24, 2.45) is 11.3 Å². The molecule has 4 nitrogen and oxygen atoms in total. The highest BCUT2D eigenvalue weighted by Crippen LogP contribution is 2.23. The fourth-order valence-corrected chi connectivity index (χ4v) is 0.441. The summed E-state index contributed by atoms with van der Waals surface area (Å²) in [7, 11) is 0. The van der Waals surface area contributed by atoms with E-state index in [-0.39, 0.29) is 0 Å². The molecule has 0 heterocycles. The summed E-state index contributed by atoms with van der Waals surface area (Å²) < 4.78 is 0. The molecular formula is C7H4N4. The van der Waals surface area contributed by atoms with Crippen LogP contribution in [-0.4, -0.2) is 0 Å². The zero-order chi connectivity index (χ0) is 8.91. The van der Waals surface area contributed by atoms with E-state index in [2.05, 4.69) is 0 Å². The SMILES string of the molecule is CC(C#N)(C#N)C(C#N)C#N. The van der Waals surface area contributed by atoms with E-state index in [1.165, 1.54) is 6.92 Å². The Morgan fingerprint density at radius 1 is 1.00 bits per heavy atom. The Labute approximate surface area is 64.5 Å². The van der Waals surface area contributed by atoms with E-state index < -0.39 is 11.3 Å². The van der Waals surface area contributed by atoms with Crippen LogP contribution < -0.4 is 0 Å². The topological polar surface area (TPSA) is 95.2 Å². The van der Waals surface area contributed by atoms with E-state index >= 15 is 0 Å². The summed E-state index contributed by atoms with van der Waals surface area (Å²) in [5, 5.41) is 33.6. The molecule has 0 rings (SSSR count). The Bertz CT molecular complexity index is 275. The maximum absolute atomic E-state index is 8.44. The minimum Gasteiger partial charge on any atom is -0.197 e. The lowest BCUT2D eigenvalue weighted by Gasteiger charge is -2.10. The fourth-order valence-electron chi connectivity index (χ4n) is 0.441. The highest BCUT2D eigenvalue weighted by atomic mass is 14.4. The Morgan fingerprint density at radius 3 is 1.45 bits per heavy atom. The Kier molecular flexibility index (Phi) is 2.61. The highest BCUT2D eigenvalue weighted by molar-refractivity contribution is 5.24. The van der Waals surface area contributed by atoms with Gasteiger partial charge in [0.1, 0.15) is 0 Å². The molecule has 52 valence electrons. The molecular weight excluding hydrogens is 140 g/mol. The van der Waals surface area contributed by atoms with E-state index in [9.17, 15) is 0 Å². The molecule has 4 heteroatoms. The molecule has 11 heavy (non-hydrogen) atoms. The third-order valence-electron chi connectivity index (χ3n) is 1.30. The van der Waals surface area contributed by atoms with Crippen molar-refractivity contribution in [3.8, 4) is 24.3 Å². The zero-order valence-corrected chi connectivity index (χ0v) is 5.87. The molecule has 0 bridgehead atoms. The predicted octanol–water partition coefficient (Wildman–Crippen LogP) is 0.703. The first kappa shape index (κ1) is 8.96. The van der Waals surface area contributed by atoms with Crippen molar-refractivity contribution in [2.45, 2.75) is 6.92 Å². The Balaban J connectivity index is 4.90. The van der Waals surface area contributed by atoms with Gasteiger partial charge < -0.3 is 0 Å². The second-order valence-electron chi connectivity index (χ2n) is 2.12. The quantitative estimate of drug-likeness (QED) is 0.541. The minimum absolute atomic E-state index is 1.18. The lowest BCUT2D eigenvalue weighted by molar-refractivity contribution is 0.509. The van der Waals surface area contributed by atoms with Crippen LogP contribution in [0.3, 0.4) is 0 Å². The first-order chi connectivity index (χ1) is 5.14. The number of nitriles is 4. The van der Waals surface area contributed by atoms with Gasteiger partial charge in [-0.3, -0.25) is 0 Å². The third kappa shape index (κ3) is 1.45. The molecule has 0 N–H and O–H groups in total. The lowest BCUT2D eigenvalue weighted by atomic mass is 9.81. The van der Waals surface area contributed by atoms with E-state index in [0.717, 1.165) is 0 Å². The van der Waals surface area contributed by atoms with Gasteiger partial charge in [0.2, 0.25) is 0 Å². The highest BCUT2D eigenvalue weighted by Gasteiger charge is 2.35. The second-order valence-corrected chi connectivity index (χ2v) is 2.12. The third-order valence-corrected chi connectivity index (χ3v) is 1.30. The molecule has 0 aliphatic rings. The van der Waals surface area contributed by atoms with Gasteiger partial charge >= 0.3 is 0 Å². The fraction of sp³-hybridized carbons (Fsp3) is 0.429. The zero-order valence-electron chi connectivity index (χ0n) is 5.87. The standard InChI is InChI=1S/C7H4N4/c1-7(4-10,5-11)6(2-8)3-9/h6H,1H3. The molecule has 0 saturated carbocycles. The number of hydrogen-bond acceptors (Lipinski definition) is 4. The van der Waals surface area contributed by atoms with Crippen molar-refractivity contribution < 1.29 is 0 Å². The van der Waals surface area contributed by atoms with Crippen LogP contribution in [0.4, 0.5) is 0 Å². The van der Waals surface area contributed by atoms with Gasteiger partial charge in [-0.25, -0.2) is 0 Å². The molecule has 0 fully saturated rings. The Morgan fingerprint density at radius 2 is 1.36 bits per heavy atom. The number of nitrogens with zero attached hydrogens (tertiary/aromatic N) is 4. The molecule has 0 aliphatic carbocycles. The van der Waals surface area contributed by atoms with Crippen molar-refractivity contribution >= 4 is 0 Å². The average molecular weight is 144 g/mol. The Hall–Kier alpha value is -2.04. The van der Waals surface area contributed by atoms with Gasteiger partial charge in [-0.2, -0.15) is 21.0 Å². The summed E-state index contributed by atoms with van der Waals surface area (Å²) in [6, 6.07) is 6.42. The van der Waals surface area contributed by atoms with Crippen LogP contribution in [0.5, 0.6) is 0 Å². The van der Waals surface area contributed by atoms with Crippen molar-refractivity contribution in [1.29, 1.82) is 21.0 Å². The number of rotatable bonds is 1. The van der Waals surface area contributed by atoms with Crippen LogP contribution in [0.15, 0.2) is 0 Å². The summed E-state index contributed by atoms with van der Waals surface area (Å²) in [4.78, 5) is 0. The van der Waals surface area contributed by atoms with Gasteiger partial charge in [0.05, 0.1) is 24.3 Å². The van der Waals surface area contributed by atoms with E-state index in [1.807, 2.05) is 0 Å². The predicted molar refractivity (Wildman–Crippen MR) is 34.0 cm³/mol. The molecule has 0 amide bonds. The van der Waals surface area contributed by atoms with Gasteiger partial charge in [-0.15, -0.1) is 0 Å². The van der Waals surface area contributed by atoms with Crippen molar-refractivity contribution in [2.75, 3.05) is 0 Å². The molecule has 0 aromatic carbocycles. The molecule has 0 unspecified atom stereocenters. The van der Waals surface area contributed by atoms with Gasteiger partial charge in [0, 0.05) is 0 Å². The maximum atomic E-state index is 8.44. The van der Waals surface area contributed by atoms with Crippen LogP contribution in [0, 0.1) is 56.7 Å². The van der Waals surface area contributed by atoms with Crippen molar-refractivity contribution in [3.05, 3.63) is 0 Å². The summed E-state index contributed by atoms with van der Waals surface area (Å²) in [6.07, 6.45) is 0. The monoisotopic (exact) mass is 144 g/mol. The molecule has 0 saturated heterocycles. The largest absolute Gasteiger partial charge is 0.197 e. The smallest absolute Gasteiger partial charge is 0.169 e. The normalized spacial score (nSPS) is 8.91. The van der Waals surface area contributed by atoms with Crippen LogP contribution in [0.25, 0.3) is 0 Å². The molecule has 0 radical (unpaired) electrons. The minimum atomic E-state index is -1.51. The van der Waals surface area contributed by atoms with Crippen LogP contribution in [0.2, 0.25) is 0 Å². The van der Waals surface area contributed by atoms with E-state index in [0.29, 0.717) is 0 Å². The average Bonchev–Trinajstić information content (AvgIpc) is 2.06. The molecule has 0 atom stereocenters. The van der Waals surface area contributed by atoms with Gasteiger partial charge in [-0.1, -0.05) is 0 Å². The van der Waals surface area contributed by atoms with Crippen molar-refractivity contribution in [3.63, 3.8) is 0 Å². The van der Waals surface area contributed by atoms with Crippen LogP contribution in [-0.2, 0) is 0 Å². The molecule has 0 aliphatic heterocycles. The maximum Gasteiger partial charge on any atom is 0.169 e. The second kappa shape index (κ2) is 3.21. The van der Waals surface area contributed by atoms with E-state index in [4.69, 9.17) is 21.0 Å². The summed E-state index contributed by atoms with van der Waals surface area (Å²) in [5.41, 5.74) is -1.51. The number of hydrogen-bond donors (Lipinski definition) is 0. The van der Waals surface area contributed by atoms with Crippen molar-refractivity contribution in [1.82, 2.24) is 0 Å². The molecule has 0 spiro atoms. The van der Waals surface area contributed by atoms with Gasteiger partial charge in [0.15, 0.2) is 11.3 Å². The summed E-state index contributed by atoms with van der Waals surface area (Å²) >= 11 is 0. The van der Waals surface area contributed by atoms with Crippen LogP contribution in [0.1, 0.15) is 6.92 Å². The summed E-state index contributed by atoms with van der Waals surface area (Å²) in [6.45, 7) is 1.27. The van der Waals surface area contributed by atoms with E-state index in [1.54, 1.807) is 24.3 Å².